The fourth-order valence-corrected chi connectivity index (χ4v) is 4.09. The molecule has 0 bridgehead atoms. The van der Waals surface area contributed by atoms with E-state index in [1.807, 2.05) is 6.92 Å². The average molecular weight is 379 g/mol. The lowest BCUT2D eigenvalue weighted by Gasteiger charge is -2.15. The summed E-state index contributed by atoms with van der Waals surface area (Å²) in [6.45, 7) is 13.3. The van der Waals surface area contributed by atoms with Gasteiger partial charge in [0.1, 0.15) is 5.82 Å². The van der Waals surface area contributed by atoms with E-state index in [-0.39, 0.29) is 5.41 Å². The van der Waals surface area contributed by atoms with Crippen molar-refractivity contribution in [3.63, 3.8) is 0 Å². The van der Waals surface area contributed by atoms with Crippen LogP contribution in [0.4, 0.5) is 10.8 Å². The van der Waals surface area contributed by atoms with E-state index in [0.29, 0.717) is 5.13 Å². The first kappa shape index (κ1) is 18.0. The molecule has 0 radical (unpaired) electrons. The molecule has 3 rings (SSSR count). The van der Waals surface area contributed by atoms with Gasteiger partial charge in [0.2, 0.25) is 0 Å². The van der Waals surface area contributed by atoms with Crippen LogP contribution < -0.4 is 0 Å². The molecule has 134 valence electrons. The van der Waals surface area contributed by atoms with E-state index < -0.39 is 0 Å². The van der Waals surface area contributed by atoms with Crippen LogP contribution in [0, 0.1) is 6.92 Å². The van der Waals surface area contributed by atoms with Crippen LogP contribution in [0.1, 0.15) is 46.1 Å². The van der Waals surface area contributed by atoms with Crippen molar-refractivity contribution in [2.24, 2.45) is 10.2 Å². The van der Waals surface area contributed by atoms with Gasteiger partial charge in [-0.25, -0.2) is 0 Å². The first-order valence-corrected chi connectivity index (χ1v) is 10.00. The van der Waals surface area contributed by atoms with Gasteiger partial charge in [-0.1, -0.05) is 50.8 Å². The van der Waals surface area contributed by atoms with Gasteiger partial charge in [-0.15, -0.1) is 30.2 Å². The summed E-state index contributed by atoms with van der Waals surface area (Å²) in [7, 11) is 0. The summed E-state index contributed by atoms with van der Waals surface area (Å²) in [5, 5.41) is 26.7. The van der Waals surface area contributed by atoms with Crippen molar-refractivity contribution in [1.29, 1.82) is 0 Å². The second-order valence-electron chi connectivity index (χ2n) is 6.54. The van der Waals surface area contributed by atoms with E-state index >= 15 is 0 Å². The number of nitrogens with zero attached hydrogens (tertiary/aromatic N) is 8. The third-order valence-electron chi connectivity index (χ3n) is 3.63. The first-order chi connectivity index (χ1) is 11.8. The van der Waals surface area contributed by atoms with Gasteiger partial charge in [-0.05, 0) is 19.6 Å². The predicted octanol–water partition coefficient (Wildman–Crippen LogP) is 4.54. The molecule has 25 heavy (non-hydrogen) atoms. The normalized spacial score (nSPS) is 12.7. The van der Waals surface area contributed by atoms with Crippen LogP contribution in [-0.4, -0.2) is 35.3 Å². The minimum absolute atomic E-state index is 0.168. The zero-order chi connectivity index (χ0) is 18.2. The number of hydrogen-bond donors (Lipinski definition) is 0. The maximum atomic E-state index is 4.65. The standard InChI is InChI=1S/C15H22N8S2/c1-7-22-9(3)20-23-12(22)10(11(21-23)15(4,5)6)16-17-13-18-19-14(25-13)24-8-2/h7-8H2,1-6H3/b17-16+. The Labute approximate surface area is 154 Å². The molecule has 0 fully saturated rings. The molecule has 0 N–H and O–H groups in total. The summed E-state index contributed by atoms with van der Waals surface area (Å²) in [6, 6.07) is 0. The molecule has 8 nitrogen and oxygen atoms in total. The van der Waals surface area contributed by atoms with Crippen LogP contribution in [0.3, 0.4) is 0 Å². The third kappa shape index (κ3) is 3.45. The fourth-order valence-electron chi connectivity index (χ4n) is 2.53. The highest BCUT2D eigenvalue weighted by Crippen LogP contribution is 2.36. The second kappa shape index (κ2) is 6.83. The first-order valence-electron chi connectivity index (χ1n) is 8.19. The monoisotopic (exact) mass is 378 g/mol. The summed E-state index contributed by atoms with van der Waals surface area (Å²) in [5.74, 6) is 1.86. The van der Waals surface area contributed by atoms with Gasteiger partial charge in [0, 0.05) is 12.0 Å². The Hall–Kier alpha value is -1.81. The van der Waals surface area contributed by atoms with Gasteiger partial charge in [-0.3, -0.25) is 0 Å². The molecule has 0 saturated heterocycles. The Balaban J connectivity index is 2.09. The third-order valence-corrected chi connectivity index (χ3v) is 5.45. The number of azo groups is 1. The topological polar surface area (TPSA) is 85.6 Å². The average Bonchev–Trinajstić information content (AvgIpc) is 3.19. The van der Waals surface area contributed by atoms with Crippen LogP contribution >= 0.6 is 23.1 Å². The zero-order valence-electron chi connectivity index (χ0n) is 15.3. The van der Waals surface area contributed by atoms with Crippen LogP contribution in [0.25, 0.3) is 5.65 Å². The molecular weight excluding hydrogens is 356 g/mol. The highest BCUT2D eigenvalue weighted by molar-refractivity contribution is 8.01. The Morgan fingerprint density at radius 1 is 1.12 bits per heavy atom. The van der Waals surface area contributed by atoms with E-state index in [0.717, 1.165) is 39.5 Å². The molecular formula is C15H22N8S2. The smallest absolute Gasteiger partial charge is 0.252 e. The number of aromatic nitrogens is 6. The van der Waals surface area contributed by atoms with Gasteiger partial charge in [0.25, 0.3) is 5.13 Å². The Kier molecular flexibility index (Phi) is 4.92. The van der Waals surface area contributed by atoms with E-state index in [1.165, 1.54) is 11.3 Å². The molecule has 0 saturated carbocycles. The van der Waals surface area contributed by atoms with Crippen molar-refractivity contribution in [2.45, 2.75) is 57.8 Å². The Morgan fingerprint density at radius 3 is 2.52 bits per heavy atom. The summed E-state index contributed by atoms with van der Waals surface area (Å²) in [5.41, 5.74) is 2.31. The van der Waals surface area contributed by atoms with Crippen molar-refractivity contribution in [2.75, 3.05) is 5.75 Å². The molecule has 0 amide bonds. The Bertz CT molecular complexity index is 912. The molecule has 0 atom stereocenters. The molecule has 3 aromatic heterocycles. The summed E-state index contributed by atoms with van der Waals surface area (Å²) in [6.07, 6.45) is 0. The van der Waals surface area contributed by atoms with Crippen LogP contribution in [-0.2, 0) is 12.0 Å². The zero-order valence-corrected chi connectivity index (χ0v) is 16.9. The minimum Gasteiger partial charge on any atom is -0.310 e. The summed E-state index contributed by atoms with van der Waals surface area (Å²) < 4.78 is 4.66. The van der Waals surface area contributed by atoms with Crippen molar-refractivity contribution < 1.29 is 0 Å². The van der Waals surface area contributed by atoms with Gasteiger partial charge in [0.15, 0.2) is 15.7 Å². The van der Waals surface area contributed by atoms with Gasteiger partial charge >= 0.3 is 0 Å². The van der Waals surface area contributed by atoms with Crippen molar-refractivity contribution in [3.05, 3.63) is 11.5 Å². The van der Waals surface area contributed by atoms with Crippen LogP contribution in [0.15, 0.2) is 14.6 Å². The molecule has 0 aliphatic carbocycles. The molecule has 0 aliphatic rings. The van der Waals surface area contributed by atoms with Crippen molar-refractivity contribution >= 4 is 39.6 Å². The molecule has 0 unspecified atom stereocenters. The van der Waals surface area contributed by atoms with Crippen LogP contribution in [0.5, 0.6) is 0 Å². The lowest BCUT2D eigenvalue weighted by molar-refractivity contribution is 0.556. The number of rotatable bonds is 5. The lowest BCUT2D eigenvalue weighted by atomic mass is 9.91. The van der Waals surface area contributed by atoms with Gasteiger partial charge in [-0.2, -0.15) is 5.10 Å². The molecule has 3 heterocycles. The van der Waals surface area contributed by atoms with Crippen molar-refractivity contribution in [1.82, 2.24) is 29.6 Å². The quantitative estimate of drug-likeness (QED) is 0.481. The summed E-state index contributed by atoms with van der Waals surface area (Å²) in [4.78, 5) is 0. The summed E-state index contributed by atoms with van der Waals surface area (Å²) >= 11 is 3.10. The Morgan fingerprint density at radius 2 is 1.88 bits per heavy atom. The predicted molar refractivity (Wildman–Crippen MR) is 101 cm³/mol. The second-order valence-corrected chi connectivity index (χ2v) is 9.00. The number of fused-ring (bicyclic) bond motifs is 1. The molecule has 0 aliphatic heterocycles. The van der Waals surface area contributed by atoms with Gasteiger partial charge in [0.05, 0.1) is 5.69 Å². The largest absolute Gasteiger partial charge is 0.310 e. The maximum absolute atomic E-state index is 4.65. The maximum Gasteiger partial charge on any atom is 0.252 e. The number of aryl methyl sites for hydroxylation is 2. The molecule has 3 aromatic rings. The lowest BCUT2D eigenvalue weighted by Crippen LogP contribution is -2.12. The SMILES string of the molecule is CCSc1nnc(/N=N/c2c(C(C)(C)C)nn3nc(C)n(CC)c23)s1. The number of thioether (sulfide) groups is 1. The fraction of sp³-hybridized carbons (Fsp3) is 0.600. The van der Waals surface area contributed by atoms with Crippen molar-refractivity contribution in [3.8, 4) is 0 Å². The molecule has 10 heteroatoms. The highest BCUT2D eigenvalue weighted by Gasteiger charge is 2.27. The molecule has 0 aromatic carbocycles. The highest BCUT2D eigenvalue weighted by atomic mass is 32.2. The number of hydrogen-bond acceptors (Lipinski definition) is 8. The van der Waals surface area contributed by atoms with E-state index in [1.54, 1.807) is 16.4 Å². The van der Waals surface area contributed by atoms with E-state index in [9.17, 15) is 0 Å². The van der Waals surface area contributed by atoms with Crippen LogP contribution in [0.2, 0.25) is 0 Å². The minimum atomic E-state index is -0.168. The van der Waals surface area contributed by atoms with Gasteiger partial charge < -0.3 is 4.57 Å². The van der Waals surface area contributed by atoms with E-state index in [4.69, 9.17) is 0 Å². The van der Waals surface area contributed by atoms with E-state index in [2.05, 4.69) is 69.8 Å². The molecule has 0 spiro atoms.